The Morgan fingerprint density at radius 1 is 1.17 bits per heavy atom. The molecule has 2 amide bonds. The largest absolute Gasteiger partial charge is 0.373 e. The van der Waals surface area contributed by atoms with Crippen LogP contribution in [0.2, 0.25) is 0 Å². The summed E-state index contributed by atoms with van der Waals surface area (Å²) in [6.07, 6.45) is 0.280. The number of amides is 2. The molecule has 244 valence electrons. The van der Waals surface area contributed by atoms with Gasteiger partial charge in [0.15, 0.2) is 0 Å². The monoisotopic (exact) mass is 600 g/mol. The lowest BCUT2D eigenvalue weighted by Gasteiger charge is -2.45. The summed E-state index contributed by atoms with van der Waals surface area (Å²) in [6, 6.07) is -1.38. The molecule has 2 saturated heterocycles. The third-order valence-electron chi connectivity index (χ3n) is 8.85. The quantitative estimate of drug-likeness (QED) is 0.124. The van der Waals surface area contributed by atoms with Crippen LogP contribution in [-0.4, -0.2) is 130 Å². The zero-order valence-electron chi connectivity index (χ0n) is 26.8. The van der Waals surface area contributed by atoms with Gasteiger partial charge in [-0.2, -0.15) is 0 Å². The normalized spacial score (nSPS) is 25.1. The Bertz CT molecular complexity index is 842. The molecule has 7 unspecified atom stereocenters. The first kappa shape index (κ1) is 36.3. The van der Waals surface area contributed by atoms with Gasteiger partial charge in [-0.15, -0.1) is 0 Å². The van der Waals surface area contributed by atoms with Gasteiger partial charge in [0, 0.05) is 43.8 Å². The topological polar surface area (TPSA) is 118 Å². The molecule has 0 aromatic rings. The smallest absolute Gasteiger partial charge is 0.228 e. The van der Waals surface area contributed by atoms with Gasteiger partial charge in [-0.1, -0.05) is 20.4 Å². The van der Waals surface area contributed by atoms with Gasteiger partial charge in [-0.25, -0.2) is 8.78 Å². The van der Waals surface area contributed by atoms with Crippen molar-refractivity contribution in [2.45, 2.75) is 89.5 Å². The maximum Gasteiger partial charge on any atom is 0.228 e. The summed E-state index contributed by atoms with van der Waals surface area (Å²) in [6.45, 7) is 13.1. The van der Waals surface area contributed by atoms with Gasteiger partial charge in [0.25, 0.3) is 0 Å². The predicted molar refractivity (Wildman–Crippen MR) is 165 cm³/mol. The molecule has 7 atom stereocenters. The summed E-state index contributed by atoms with van der Waals surface area (Å²) < 4.78 is 29.7. The van der Waals surface area contributed by atoms with Gasteiger partial charge in [0.05, 0.1) is 24.2 Å². The Labute approximate surface area is 252 Å². The first-order valence-corrected chi connectivity index (χ1v) is 15.7. The molecule has 10 nitrogen and oxygen atoms in total. The minimum absolute atomic E-state index is 0.0649. The van der Waals surface area contributed by atoms with E-state index >= 15 is 4.39 Å². The Balaban J connectivity index is 2.09. The molecule has 0 bridgehead atoms. The van der Waals surface area contributed by atoms with E-state index in [2.05, 4.69) is 37.6 Å². The number of rotatable bonds is 17. The first-order chi connectivity index (χ1) is 19.9. The van der Waals surface area contributed by atoms with Crippen LogP contribution >= 0.6 is 0 Å². The van der Waals surface area contributed by atoms with Crippen molar-refractivity contribution in [3.63, 3.8) is 0 Å². The SMILES string of the molecule is C=C(CC)NC(N)C(C(=O)NC1CNCC(F)C1N1CCC(C(=O)NCCCN(C)C)CC1)C(C)N(C)CC(F)CC. The van der Waals surface area contributed by atoms with Crippen molar-refractivity contribution in [2.75, 3.05) is 67.0 Å². The number of hydrogen-bond donors (Lipinski definition) is 5. The predicted octanol–water partition coefficient (Wildman–Crippen LogP) is 1.04. The van der Waals surface area contributed by atoms with Crippen molar-refractivity contribution in [2.24, 2.45) is 17.6 Å². The molecule has 0 aromatic carbocycles. The Morgan fingerprint density at radius 3 is 2.43 bits per heavy atom. The van der Waals surface area contributed by atoms with E-state index in [4.69, 9.17) is 5.73 Å². The molecular weight excluding hydrogens is 542 g/mol. The van der Waals surface area contributed by atoms with Crippen molar-refractivity contribution < 1.29 is 18.4 Å². The lowest BCUT2D eigenvalue weighted by atomic mass is 9.89. The van der Waals surface area contributed by atoms with Crippen LogP contribution in [0.15, 0.2) is 12.3 Å². The first-order valence-electron chi connectivity index (χ1n) is 15.7. The second kappa shape index (κ2) is 18.1. The molecule has 0 saturated carbocycles. The van der Waals surface area contributed by atoms with E-state index in [9.17, 15) is 14.0 Å². The number of hydrogen-bond acceptors (Lipinski definition) is 8. The molecule has 0 aliphatic carbocycles. The van der Waals surface area contributed by atoms with Gasteiger partial charge in [-0.05, 0) is 79.8 Å². The second-order valence-corrected chi connectivity index (χ2v) is 12.4. The number of allylic oxidation sites excluding steroid dienone is 1. The number of nitrogens with one attached hydrogen (secondary N) is 4. The number of carbonyl (C=O) groups is 2. The standard InChI is InChI=1S/C30H58F2N8O2/c1-8-20(3)36-28(33)26(21(4)39(7)19-23(31)9-2)30(42)37-25-18-34-17-24(32)27(25)40-15-11-22(12-16-40)29(41)35-13-10-14-38(5)6/h21-28,34,36H,3,8-19,33H2,1-2,4-7H3,(H,35,41)(H,37,42). The molecule has 42 heavy (non-hydrogen) atoms. The van der Waals surface area contributed by atoms with E-state index in [-0.39, 0.29) is 36.9 Å². The summed E-state index contributed by atoms with van der Waals surface area (Å²) in [7, 11) is 5.81. The van der Waals surface area contributed by atoms with Crippen molar-refractivity contribution in [1.29, 1.82) is 0 Å². The fourth-order valence-electron chi connectivity index (χ4n) is 5.97. The van der Waals surface area contributed by atoms with E-state index in [1.54, 1.807) is 14.0 Å². The highest BCUT2D eigenvalue weighted by atomic mass is 19.1. The van der Waals surface area contributed by atoms with Crippen LogP contribution in [0.25, 0.3) is 0 Å². The van der Waals surface area contributed by atoms with Gasteiger partial charge in [-0.3, -0.25) is 19.4 Å². The number of nitrogens with zero attached hydrogens (tertiary/aromatic N) is 3. The maximum absolute atomic E-state index is 15.5. The van der Waals surface area contributed by atoms with Gasteiger partial charge in [0.1, 0.15) is 12.3 Å². The summed E-state index contributed by atoms with van der Waals surface area (Å²) in [5, 5.41) is 12.4. The average Bonchev–Trinajstić information content (AvgIpc) is 2.95. The van der Waals surface area contributed by atoms with E-state index in [1.165, 1.54) is 0 Å². The molecule has 2 fully saturated rings. The fourth-order valence-corrected chi connectivity index (χ4v) is 5.97. The van der Waals surface area contributed by atoms with Crippen LogP contribution in [0.3, 0.4) is 0 Å². The summed E-state index contributed by atoms with van der Waals surface area (Å²) in [5.41, 5.74) is 7.22. The molecule has 0 aromatic heterocycles. The summed E-state index contributed by atoms with van der Waals surface area (Å²) in [4.78, 5) is 32.6. The van der Waals surface area contributed by atoms with Gasteiger partial charge in [0.2, 0.25) is 11.8 Å². The van der Waals surface area contributed by atoms with Crippen molar-refractivity contribution in [3.05, 3.63) is 12.3 Å². The zero-order chi connectivity index (χ0) is 31.4. The fraction of sp³-hybridized carbons (Fsp3) is 0.867. The van der Waals surface area contributed by atoms with E-state index in [0.29, 0.717) is 57.6 Å². The number of likely N-dealkylation sites (tertiary alicyclic amines) is 1. The van der Waals surface area contributed by atoms with Crippen molar-refractivity contribution in [1.82, 2.24) is 36.0 Å². The zero-order valence-corrected chi connectivity index (χ0v) is 26.8. The Hall–Kier alpha value is -1.86. The van der Waals surface area contributed by atoms with Crippen LogP contribution < -0.4 is 27.0 Å². The van der Waals surface area contributed by atoms with E-state index in [1.807, 2.05) is 32.8 Å². The number of halogens is 2. The summed E-state index contributed by atoms with van der Waals surface area (Å²) >= 11 is 0. The lowest BCUT2D eigenvalue weighted by Crippen LogP contribution is -2.67. The number of nitrogens with two attached hydrogens (primary N) is 1. The second-order valence-electron chi connectivity index (χ2n) is 12.4. The van der Waals surface area contributed by atoms with Crippen LogP contribution in [0.1, 0.15) is 52.9 Å². The molecule has 0 spiro atoms. The van der Waals surface area contributed by atoms with Crippen molar-refractivity contribution in [3.8, 4) is 0 Å². The van der Waals surface area contributed by atoms with Crippen molar-refractivity contribution >= 4 is 11.8 Å². The van der Waals surface area contributed by atoms with Crippen LogP contribution in [0, 0.1) is 11.8 Å². The van der Waals surface area contributed by atoms with Crippen LogP contribution in [0.5, 0.6) is 0 Å². The Morgan fingerprint density at radius 2 is 1.83 bits per heavy atom. The molecule has 12 heteroatoms. The molecule has 0 radical (unpaired) electrons. The van der Waals surface area contributed by atoms with Crippen LogP contribution in [0.4, 0.5) is 8.78 Å². The van der Waals surface area contributed by atoms with E-state index in [0.717, 1.165) is 13.0 Å². The van der Waals surface area contributed by atoms with Gasteiger partial charge >= 0.3 is 0 Å². The number of carbonyl (C=O) groups excluding carboxylic acids is 2. The highest BCUT2D eigenvalue weighted by Gasteiger charge is 2.42. The molecule has 2 aliphatic heterocycles. The molecular formula is C30H58F2N8O2. The Kier molecular flexibility index (Phi) is 15.6. The van der Waals surface area contributed by atoms with Gasteiger partial charge < -0.3 is 31.9 Å². The summed E-state index contributed by atoms with van der Waals surface area (Å²) in [5.74, 6) is -1.06. The van der Waals surface area contributed by atoms with Crippen LogP contribution in [-0.2, 0) is 9.59 Å². The highest BCUT2D eigenvalue weighted by molar-refractivity contribution is 5.80. The van der Waals surface area contributed by atoms with E-state index < -0.39 is 36.5 Å². The third kappa shape index (κ3) is 11.0. The minimum atomic E-state index is -1.18. The molecule has 2 heterocycles. The minimum Gasteiger partial charge on any atom is -0.373 e. The molecule has 6 N–H and O–H groups in total. The molecule has 2 rings (SSSR count). The lowest BCUT2D eigenvalue weighted by molar-refractivity contribution is -0.130. The highest BCUT2D eigenvalue weighted by Crippen LogP contribution is 2.25. The number of piperidine rings is 2. The number of alkyl halides is 2. The maximum atomic E-state index is 15.5. The molecule has 2 aliphatic rings. The average molecular weight is 601 g/mol. The third-order valence-corrected chi connectivity index (χ3v) is 8.85.